The van der Waals surface area contributed by atoms with Crippen molar-refractivity contribution in [3.63, 3.8) is 0 Å². The summed E-state index contributed by atoms with van der Waals surface area (Å²) < 4.78 is 10.9. The molecular weight excluding hydrogens is 398 g/mol. The number of carbonyl (C=O) groups excluding carboxylic acids is 1. The van der Waals surface area contributed by atoms with Crippen LogP contribution in [0.2, 0.25) is 0 Å². The number of hydrogen-bond donors (Lipinski definition) is 0. The Morgan fingerprint density at radius 2 is 1.87 bits per heavy atom. The van der Waals surface area contributed by atoms with Gasteiger partial charge in [0.15, 0.2) is 0 Å². The number of non-ortho nitro benzene ring substituents is 1. The van der Waals surface area contributed by atoms with Crippen LogP contribution < -0.4 is 5.63 Å². The summed E-state index contributed by atoms with van der Waals surface area (Å²) in [5, 5.41) is 11.9. The van der Waals surface area contributed by atoms with Gasteiger partial charge in [0.1, 0.15) is 5.58 Å². The third-order valence-corrected chi connectivity index (χ3v) is 5.65. The minimum Gasteiger partial charge on any atom is -0.466 e. The standard InChI is InChI=1S/C24H21NO6/c1-4-30-23(26)20-14(3)12-18-17-10-5-13(2)11-19(17)31-24(27)22(18)21(20)15-6-8-16(9-7-15)25(28)29/h5-12,20-21H,4H2,1-3H3. The van der Waals surface area contributed by atoms with E-state index >= 15 is 0 Å². The predicted molar refractivity (Wildman–Crippen MR) is 116 cm³/mol. The van der Waals surface area contributed by atoms with E-state index in [1.165, 1.54) is 12.1 Å². The van der Waals surface area contributed by atoms with Crippen molar-refractivity contribution in [1.29, 1.82) is 0 Å². The van der Waals surface area contributed by atoms with E-state index in [9.17, 15) is 19.7 Å². The van der Waals surface area contributed by atoms with Crippen LogP contribution in [-0.2, 0) is 9.53 Å². The van der Waals surface area contributed by atoms with Crippen molar-refractivity contribution in [2.75, 3.05) is 6.61 Å². The number of benzene rings is 2. The van der Waals surface area contributed by atoms with Gasteiger partial charge in [-0.2, -0.15) is 0 Å². The molecule has 31 heavy (non-hydrogen) atoms. The Balaban J connectivity index is 2.00. The number of rotatable bonds is 4. The average Bonchev–Trinajstić information content (AvgIpc) is 2.72. The second-order valence-electron chi connectivity index (χ2n) is 7.66. The topological polar surface area (TPSA) is 99.7 Å². The number of hydrogen-bond acceptors (Lipinski definition) is 6. The molecular formula is C24H21NO6. The molecule has 0 saturated heterocycles. The summed E-state index contributed by atoms with van der Waals surface area (Å²) in [7, 11) is 0. The number of aryl methyl sites for hydroxylation is 1. The fraction of sp³-hybridized carbons (Fsp3) is 0.250. The minimum absolute atomic E-state index is 0.0687. The molecule has 0 N–H and O–H groups in total. The summed E-state index contributed by atoms with van der Waals surface area (Å²) in [5.74, 6) is -1.87. The lowest BCUT2D eigenvalue weighted by atomic mass is 9.72. The molecule has 0 spiro atoms. The van der Waals surface area contributed by atoms with E-state index in [-0.39, 0.29) is 12.3 Å². The Hall–Kier alpha value is -3.74. The monoisotopic (exact) mass is 419 g/mol. The number of carbonyl (C=O) groups is 1. The highest BCUT2D eigenvalue weighted by atomic mass is 16.6. The number of fused-ring (bicyclic) bond motifs is 3. The molecule has 0 radical (unpaired) electrons. The smallest absolute Gasteiger partial charge is 0.340 e. The van der Waals surface area contributed by atoms with Crippen LogP contribution in [0.4, 0.5) is 5.69 Å². The van der Waals surface area contributed by atoms with Crippen molar-refractivity contribution in [3.8, 4) is 0 Å². The molecule has 158 valence electrons. The van der Waals surface area contributed by atoms with Gasteiger partial charge in [-0.25, -0.2) is 4.79 Å². The van der Waals surface area contributed by atoms with Crippen LogP contribution in [0.25, 0.3) is 17.0 Å². The zero-order valence-electron chi connectivity index (χ0n) is 17.4. The fourth-order valence-electron chi connectivity index (χ4n) is 4.26. The molecule has 4 rings (SSSR count). The van der Waals surface area contributed by atoms with Crippen LogP contribution in [0.15, 0.2) is 57.2 Å². The molecule has 3 aromatic rings. The lowest BCUT2D eigenvalue weighted by Gasteiger charge is -2.31. The predicted octanol–water partition coefficient (Wildman–Crippen LogP) is 4.74. The molecule has 7 nitrogen and oxygen atoms in total. The highest BCUT2D eigenvalue weighted by molar-refractivity contribution is 5.92. The van der Waals surface area contributed by atoms with Gasteiger partial charge in [0, 0.05) is 23.4 Å². The maximum atomic E-state index is 13.1. The number of nitrogens with zero attached hydrogens (tertiary/aromatic N) is 1. The summed E-state index contributed by atoms with van der Waals surface area (Å²) in [4.78, 5) is 36.6. The third-order valence-electron chi connectivity index (χ3n) is 5.65. The van der Waals surface area contributed by atoms with Crippen molar-refractivity contribution >= 4 is 28.7 Å². The van der Waals surface area contributed by atoms with Crippen molar-refractivity contribution in [1.82, 2.24) is 0 Å². The summed E-state index contributed by atoms with van der Waals surface area (Å²) in [6, 6.07) is 11.5. The van der Waals surface area contributed by atoms with E-state index in [0.29, 0.717) is 22.3 Å². The molecule has 0 aliphatic heterocycles. The Bertz CT molecular complexity index is 1290. The molecule has 0 amide bonds. The molecule has 7 heteroatoms. The molecule has 0 saturated carbocycles. The largest absolute Gasteiger partial charge is 0.466 e. The normalized spacial score (nSPS) is 17.7. The lowest BCUT2D eigenvalue weighted by molar-refractivity contribution is -0.384. The van der Waals surface area contributed by atoms with E-state index < -0.39 is 28.4 Å². The SMILES string of the molecule is CCOC(=O)C1C(C)=Cc2c(c(=O)oc3cc(C)ccc23)C1c1ccc([N+](=O)[O-])cc1. The third kappa shape index (κ3) is 3.52. The Morgan fingerprint density at radius 3 is 2.52 bits per heavy atom. The van der Waals surface area contributed by atoms with Crippen molar-refractivity contribution in [2.24, 2.45) is 5.92 Å². The van der Waals surface area contributed by atoms with Gasteiger partial charge in [0.2, 0.25) is 0 Å². The molecule has 2 atom stereocenters. The van der Waals surface area contributed by atoms with Gasteiger partial charge < -0.3 is 9.15 Å². The van der Waals surface area contributed by atoms with Crippen molar-refractivity contribution < 1.29 is 18.9 Å². The number of nitro groups is 1. The Morgan fingerprint density at radius 1 is 1.16 bits per heavy atom. The first-order chi connectivity index (χ1) is 14.8. The summed E-state index contributed by atoms with van der Waals surface area (Å²) in [5.41, 5.74) is 3.25. The van der Waals surface area contributed by atoms with Crippen LogP contribution >= 0.6 is 0 Å². The Kier molecular flexibility index (Phi) is 5.19. The molecule has 2 unspecified atom stereocenters. The molecule has 1 aliphatic carbocycles. The Labute approximate surface area is 178 Å². The highest BCUT2D eigenvalue weighted by Gasteiger charge is 2.40. The second kappa shape index (κ2) is 7.83. The number of esters is 1. The lowest BCUT2D eigenvalue weighted by Crippen LogP contribution is -2.32. The van der Waals surface area contributed by atoms with E-state index in [1.807, 2.05) is 32.1 Å². The van der Waals surface area contributed by atoms with Crippen LogP contribution in [0.3, 0.4) is 0 Å². The van der Waals surface area contributed by atoms with Crippen molar-refractivity contribution in [2.45, 2.75) is 26.7 Å². The van der Waals surface area contributed by atoms with E-state index in [0.717, 1.165) is 16.5 Å². The van der Waals surface area contributed by atoms with Gasteiger partial charge >= 0.3 is 11.6 Å². The quantitative estimate of drug-likeness (QED) is 0.262. The van der Waals surface area contributed by atoms with E-state index in [4.69, 9.17) is 9.15 Å². The fourth-order valence-corrected chi connectivity index (χ4v) is 4.26. The number of nitro benzene ring substituents is 1. The summed E-state index contributed by atoms with van der Waals surface area (Å²) >= 11 is 0. The van der Waals surface area contributed by atoms with Gasteiger partial charge in [0.05, 0.1) is 23.0 Å². The van der Waals surface area contributed by atoms with Crippen LogP contribution in [-0.4, -0.2) is 17.5 Å². The maximum absolute atomic E-state index is 13.1. The molecule has 1 heterocycles. The second-order valence-corrected chi connectivity index (χ2v) is 7.66. The van der Waals surface area contributed by atoms with Crippen molar-refractivity contribution in [3.05, 3.63) is 90.8 Å². The molecule has 1 aliphatic rings. The first-order valence-electron chi connectivity index (χ1n) is 9.98. The maximum Gasteiger partial charge on any atom is 0.340 e. The van der Waals surface area contributed by atoms with Crippen LogP contribution in [0.5, 0.6) is 0 Å². The minimum atomic E-state index is -0.736. The van der Waals surface area contributed by atoms with Gasteiger partial charge in [-0.05, 0) is 43.5 Å². The molecule has 1 aromatic heterocycles. The first kappa shape index (κ1) is 20.5. The zero-order valence-corrected chi connectivity index (χ0v) is 17.4. The van der Waals surface area contributed by atoms with Gasteiger partial charge in [-0.1, -0.05) is 35.9 Å². The highest BCUT2D eigenvalue weighted by Crippen LogP contribution is 2.44. The van der Waals surface area contributed by atoms with Crippen LogP contribution in [0.1, 0.15) is 42.0 Å². The molecule has 2 aromatic carbocycles. The molecule has 0 bridgehead atoms. The summed E-state index contributed by atoms with van der Waals surface area (Å²) in [6.07, 6.45) is 1.84. The van der Waals surface area contributed by atoms with Crippen LogP contribution in [0, 0.1) is 23.0 Å². The molecule has 0 fully saturated rings. The average molecular weight is 419 g/mol. The number of ether oxygens (including phenoxy) is 1. The van der Waals surface area contributed by atoms with E-state index in [2.05, 4.69) is 0 Å². The summed E-state index contributed by atoms with van der Waals surface area (Å²) in [6.45, 7) is 5.67. The van der Waals surface area contributed by atoms with Gasteiger partial charge in [0.25, 0.3) is 5.69 Å². The first-order valence-corrected chi connectivity index (χ1v) is 9.98. The van der Waals surface area contributed by atoms with Gasteiger partial charge in [-0.3, -0.25) is 14.9 Å². The van der Waals surface area contributed by atoms with E-state index in [1.54, 1.807) is 25.1 Å². The van der Waals surface area contributed by atoms with Gasteiger partial charge in [-0.15, -0.1) is 0 Å². The zero-order chi connectivity index (χ0) is 22.3.